The van der Waals surface area contributed by atoms with Gasteiger partial charge >= 0.3 is 0 Å². The number of rotatable bonds is 2. The molecule has 0 fully saturated rings. The zero-order chi connectivity index (χ0) is 14.3. The van der Waals surface area contributed by atoms with Gasteiger partial charge < -0.3 is 15.0 Å². The molecule has 1 aliphatic rings. The predicted molar refractivity (Wildman–Crippen MR) is 74.5 cm³/mol. The number of fused-ring (bicyclic) bond motifs is 1. The highest BCUT2D eigenvalue weighted by molar-refractivity contribution is 6.30. The molecule has 1 aromatic carbocycles. The van der Waals surface area contributed by atoms with Crippen LogP contribution in [0.4, 0.5) is 5.82 Å². The lowest BCUT2D eigenvalue weighted by Crippen LogP contribution is -2.46. The minimum Gasteiger partial charge on any atom is -0.356 e. The highest BCUT2D eigenvalue weighted by Gasteiger charge is 2.31. The van der Waals surface area contributed by atoms with Crippen molar-refractivity contribution in [2.45, 2.75) is 12.9 Å². The fourth-order valence-electron chi connectivity index (χ4n) is 2.12. The maximum absolute atomic E-state index is 12.2. The minimum atomic E-state index is -1.05. The Bertz CT molecular complexity index is 653. The van der Waals surface area contributed by atoms with Crippen LogP contribution in [0.5, 0.6) is 0 Å². The summed E-state index contributed by atoms with van der Waals surface area (Å²) in [6.07, 6.45) is 0.532. The summed E-state index contributed by atoms with van der Waals surface area (Å²) < 4.78 is 1.75. The normalized spacial score (nSPS) is 17.9. The van der Waals surface area contributed by atoms with Crippen molar-refractivity contribution in [3.05, 3.63) is 46.9 Å². The van der Waals surface area contributed by atoms with Crippen molar-refractivity contribution >= 4 is 23.3 Å². The van der Waals surface area contributed by atoms with Gasteiger partial charge in [0.15, 0.2) is 11.5 Å². The molecule has 20 heavy (non-hydrogen) atoms. The van der Waals surface area contributed by atoms with Gasteiger partial charge in [-0.05, 0) is 17.7 Å². The molecule has 1 aliphatic heterocycles. The van der Waals surface area contributed by atoms with Crippen molar-refractivity contribution < 1.29 is 9.90 Å². The predicted octanol–water partition coefficient (Wildman–Crippen LogP) is 1.36. The number of nitrogens with zero attached hydrogens (tertiary/aromatic N) is 3. The second-order valence-corrected chi connectivity index (χ2v) is 5.07. The van der Waals surface area contributed by atoms with Gasteiger partial charge in [-0.25, -0.2) is 4.98 Å². The fraction of sp³-hybridized carbons (Fsp3) is 0.231. The zero-order valence-corrected chi connectivity index (χ0v) is 11.5. The van der Waals surface area contributed by atoms with E-state index in [4.69, 9.17) is 11.6 Å². The molecule has 0 radical (unpaired) electrons. The van der Waals surface area contributed by atoms with Crippen molar-refractivity contribution in [2.75, 3.05) is 12.4 Å². The van der Waals surface area contributed by atoms with Crippen LogP contribution >= 0.6 is 11.6 Å². The molecule has 3 rings (SSSR count). The molecular weight excluding hydrogens is 280 g/mol. The van der Waals surface area contributed by atoms with Gasteiger partial charge in [0.25, 0.3) is 5.91 Å². The Kier molecular flexibility index (Phi) is 3.11. The molecule has 1 atom stereocenters. The molecule has 104 valence electrons. The number of nitrogens with one attached hydrogen (secondary N) is 1. The summed E-state index contributed by atoms with van der Waals surface area (Å²) in [6, 6.07) is 7.40. The number of hydrogen-bond acceptors (Lipinski definition) is 4. The number of aliphatic hydroxyl groups is 1. The van der Waals surface area contributed by atoms with E-state index in [1.54, 1.807) is 23.0 Å². The topological polar surface area (TPSA) is 70.4 Å². The van der Waals surface area contributed by atoms with E-state index in [0.717, 1.165) is 5.56 Å². The van der Waals surface area contributed by atoms with Crippen LogP contribution in [0.15, 0.2) is 30.6 Å². The number of aliphatic hydroxyl groups excluding tert-OH is 1. The third-order valence-corrected chi connectivity index (χ3v) is 3.51. The zero-order valence-electron chi connectivity index (χ0n) is 10.7. The maximum Gasteiger partial charge on any atom is 0.277 e. The number of amides is 1. The number of carbonyl (C=O) groups is 1. The van der Waals surface area contributed by atoms with Crippen LogP contribution in [0.2, 0.25) is 5.02 Å². The van der Waals surface area contributed by atoms with Crippen molar-refractivity contribution in [3.8, 4) is 0 Å². The molecule has 7 heteroatoms. The van der Waals surface area contributed by atoms with Gasteiger partial charge in [-0.3, -0.25) is 9.69 Å². The first-order chi connectivity index (χ1) is 9.56. The quantitative estimate of drug-likeness (QED) is 0.877. The molecule has 2 N–H and O–H groups in total. The number of imidazole rings is 1. The molecular formula is C13H13ClN4O2. The van der Waals surface area contributed by atoms with Crippen molar-refractivity contribution in [3.63, 3.8) is 0 Å². The third-order valence-electron chi connectivity index (χ3n) is 3.26. The lowest BCUT2D eigenvalue weighted by Gasteiger charge is -2.29. The van der Waals surface area contributed by atoms with E-state index in [9.17, 15) is 9.90 Å². The number of anilines is 1. The highest BCUT2D eigenvalue weighted by atomic mass is 35.5. The Morgan fingerprint density at radius 3 is 2.80 bits per heavy atom. The van der Waals surface area contributed by atoms with Crippen LogP contribution in [-0.4, -0.2) is 38.9 Å². The van der Waals surface area contributed by atoms with Gasteiger partial charge in [0.2, 0.25) is 6.35 Å². The summed E-state index contributed by atoms with van der Waals surface area (Å²) in [5.74, 6) is 0.132. The lowest BCUT2D eigenvalue weighted by molar-refractivity contribution is 0.0290. The number of halogens is 1. The van der Waals surface area contributed by atoms with Crippen molar-refractivity contribution in [1.29, 1.82) is 0 Å². The molecule has 0 aliphatic carbocycles. The highest BCUT2D eigenvalue weighted by Crippen LogP contribution is 2.23. The van der Waals surface area contributed by atoms with Gasteiger partial charge in [0, 0.05) is 18.6 Å². The van der Waals surface area contributed by atoms with Crippen LogP contribution in [0.1, 0.15) is 16.1 Å². The first-order valence-electron chi connectivity index (χ1n) is 6.07. The molecule has 0 bridgehead atoms. The number of hydrogen-bond donors (Lipinski definition) is 2. The largest absolute Gasteiger partial charge is 0.356 e. The molecule has 1 unspecified atom stereocenters. The minimum absolute atomic E-state index is 0.266. The monoisotopic (exact) mass is 292 g/mol. The second-order valence-electron chi connectivity index (χ2n) is 4.63. The smallest absolute Gasteiger partial charge is 0.277 e. The molecule has 0 spiro atoms. The van der Waals surface area contributed by atoms with E-state index in [1.165, 1.54) is 11.9 Å². The van der Waals surface area contributed by atoms with E-state index >= 15 is 0 Å². The van der Waals surface area contributed by atoms with E-state index < -0.39 is 6.35 Å². The fourth-order valence-corrected chi connectivity index (χ4v) is 2.24. The van der Waals surface area contributed by atoms with Gasteiger partial charge in [0.05, 0.1) is 6.33 Å². The molecule has 2 aromatic rings. The van der Waals surface area contributed by atoms with Crippen LogP contribution < -0.4 is 5.32 Å². The average molecular weight is 293 g/mol. The molecule has 0 saturated carbocycles. The summed E-state index contributed by atoms with van der Waals surface area (Å²) >= 11 is 5.85. The van der Waals surface area contributed by atoms with Crippen LogP contribution in [0, 0.1) is 0 Å². The Hall–Kier alpha value is -2.05. The third kappa shape index (κ3) is 2.13. The summed E-state index contributed by atoms with van der Waals surface area (Å²) in [6.45, 7) is 0.511. The summed E-state index contributed by atoms with van der Waals surface area (Å²) in [5, 5.41) is 13.1. The van der Waals surface area contributed by atoms with E-state index in [1.807, 2.05) is 12.1 Å². The SMILES string of the molecule is CN1C(=O)c2c(ncn2Cc2ccc(Cl)cc2)NC1O. The lowest BCUT2D eigenvalue weighted by atomic mass is 10.2. The van der Waals surface area contributed by atoms with Crippen molar-refractivity contribution in [1.82, 2.24) is 14.5 Å². The standard InChI is InChI=1S/C13H13ClN4O2/c1-17-12(19)10-11(16-13(17)20)15-7-18(10)6-8-2-4-9(14)5-3-8/h2-5,7,13,16,20H,6H2,1H3. The number of benzene rings is 1. The Labute approximate surface area is 120 Å². The van der Waals surface area contributed by atoms with E-state index in [-0.39, 0.29) is 5.91 Å². The second kappa shape index (κ2) is 4.81. The van der Waals surface area contributed by atoms with Crippen molar-refractivity contribution in [2.24, 2.45) is 0 Å². The Morgan fingerprint density at radius 1 is 1.40 bits per heavy atom. The average Bonchev–Trinajstić information content (AvgIpc) is 2.82. The molecule has 2 heterocycles. The molecule has 1 amide bonds. The van der Waals surface area contributed by atoms with E-state index in [0.29, 0.717) is 23.1 Å². The Morgan fingerprint density at radius 2 is 2.10 bits per heavy atom. The Balaban J connectivity index is 1.93. The van der Waals surface area contributed by atoms with Gasteiger partial charge in [-0.1, -0.05) is 23.7 Å². The first kappa shape index (κ1) is 13.0. The number of carbonyl (C=O) groups excluding carboxylic acids is 1. The summed E-state index contributed by atoms with van der Waals surface area (Å²) in [4.78, 5) is 17.5. The maximum atomic E-state index is 12.2. The van der Waals surface area contributed by atoms with Gasteiger partial charge in [-0.15, -0.1) is 0 Å². The number of aromatic nitrogens is 2. The molecule has 6 nitrogen and oxygen atoms in total. The molecule has 0 saturated heterocycles. The van der Waals surface area contributed by atoms with Gasteiger partial charge in [-0.2, -0.15) is 0 Å². The summed E-state index contributed by atoms with van der Waals surface area (Å²) in [5.41, 5.74) is 1.45. The van der Waals surface area contributed by atoms with Crippen LogP contribution in [0.3, 0.4) is 0 Å². The first-order valence-corrected chi connectivity index (χ1v) is 6.45. The molecule has 1 aromatic heterocycles. The summed E-state index contributed by atoms with van der Waals surface area (Å²) in [7, 11) is 1.53. The van der Waals surface area contributed by atoms with E-state index in [2.05, 4.69) is 10.3 Å². The van der Waals surface area contributed by atoms with Gasteiger partial charge in [0.1, 0.15) is 0 Å². The van der Waals surface area contributed by atoms with Crippen LogP contribution in [0.25, 0.3) is 0 Å². The van der Waals surface area contributed by atoms with Crippen LogP contribution in [-0.2, 0) is 6.54 Å².